The van der Waals surface area contributed by atoms with E-state index in [9.17, 15) is 4.79 Å². The standard InChI is InChI=1S/C13H20N4OS/c1-19-12-5-3-2-4-10(12)16-13(18)11-8-9(17-14)6-7-15-11/h6-8,10,12H,2-5,14H2,1H3,(H,15,17)(H,16,18). The first-order valence-corrected chi connectivity index (χ1v) is 7.79. The van der Waals surface area contributed by atoms with Crippen LogP contribution in [0.4, 0.5) is 5.69 Å². The van der Waals surface area contributed by atoms with Gasteiger partial charge in [-0.25, -0.2) is 0 Å². The molecule has 1 aliphatic rings. The maximum absolute atomic E-state index is 12.2. The summed E-state index contributed by atoms with van der Waals surface area (Å²) in [6.45, 7) is 0. The highest BCUT2D eigenvalue weighted by Gasteiger charge is 2.26. The Morgan fingerprint density at radius 2 is 2.26 bits per heavy atom. The van der Waals surface area contributed by atoms with E-state index in [0.29, 0.717) is 16.6 Å². The SMILES string of the molecule is CSC1CCCCC1NC(=O)c1cc(NN)ccn1. The van der Waals surface area contributed by atoms with Crippen LogP contribution in [0.25, 0.3) is 0 Å². The van der Waals surface area contributed by atoms with Gasteiger partial charge >= 0.3 is 0 Å². The maximum Gasteiger partial charge on any atom is 0.270 e. The van der Waals surface area contributed by atoms with Gasteiger partial charge in [0.2, 0.25) is 0 Å². The molecule has 104 valence electrons. The average molecular weight is 280 g/mol. The highest BCUT2D eigenvalue weighted by Crippen LogP contribution is 2.27. The first-order chi connectivity index (χ1) is 9.24. The Hall–Kier alpha value is -1.27. The van der Waals surface area contributed by atoms with Crippen LogP contribution in [0.5, 0.6) is 0 Å². The third-order valence-electron chi connectivity index (χ3n) is 3.48. The molecule has 0 radical (unpaired) electrons. The monoisotopic (exact) mass is 280 g/mol. The second kappa shape index (κ2) is 6.77. The molecule has 1 fully saturated rings. The zero-order valence-electron chi connectivity index (χ0n) is 11.1. The van der Waals surface area contributed by atoms with Crippen molar-refractivity contribution in [2.45, 2.75) is 37.0 Å². The number of nitrogen functional groups attached to an aromatic ring is 1. The zero-order chi connectivity index (χ0) is 13.7. The van der Waals surface area contributed by atoms with Crippen LogP contribution in [0.1, 0.15) is 36.2 Å². The third kappa shape index (κ3) is 3.61. The number of rotatable bonds is 4. The Labute approximate surface area is 117 Å². The van der Waals surface area contributed by atoms with Gasteiger partial charge in [-0.3, -0.25) is 15.6 Å². The highest BCUT2D eigenvalue weighted by molar-refractivity contribution is 7.99. The lowest BCUT2D eigenvalue weighted by molar-refractivity contribution is 0.0924. The lowest BCUT2D eigenvalue weighted by Crippen LogP contribution is -2.43. The number of pyridine rings is 1. The molecule has 1 saturated carbocycles. The summed E-state index contributed by atoms with van der Waals surface area (Å²) in [5, 5.41) is 3.60. The molecule has 1 aliphatic carbocycles. The summed E-state index contributed by atoms with van der Waals surface area (Å²) in [6.07, 6.45) is 8.34. The summed E-state index contributed by atoms with van der Waals surface area (Å²) >= 11 is 1.83. The number of nitrogens with two attached hydrogens (primary N) is 1. The van der Waals surface area contributed by atoms with E-state index in [-0.39, 0.29) is 11.9 Å². The molecule has 0 aliphatic heterocycles. The zero-order valence-corrected chi connectivity index (χ0v) is 11.9. The number of hydrazine groups is 1. The number of aromatic nitrogens is 1. The summed E-state index contributed by atoms with van der Waals surface area (Å²) in [5.74, 6) is 5.21. The normalized spacial score (nSPS) is 22.8. The first-order valence-electron chi connectivity index (χ1n) is 6.51. The van der Waals surface area contributed by atoms with Crippen molar-refractivity contribution in [3.05, 3.63) is 24.0 Å². The molecule has 5 nitrogen and oxygen atoms in total. The van der Waals surface area contributed by atoms with Crippen LogP contribution >= 0.6 is 11.8 Å². The number of hydrogen-bond acceptors (Lipinski definition) is 5. The number of thioether (sulfide) groups is 1. The van der Waals surface area contributed by atoms with E-state index < -0.39 is 0 Å². The predicted octanol–water partition coefficient (Wildman–Crippen LogP) is 1.77. The highest BCUT2D eigenvalue weighted by atomic mass is 32.2. The molecule has 2 atom stereocenters. The van der Waals surface area contributed by atoms with Gasteiger partial charge in [0, 0.05) is 17.5 Å². The van der Waals surface area contributed by atoms with Gasteiger partial charge in [-0.2, -0.15) is 11.8 Å². The van der Waals surface area contributed by atoms with Crippen LogP contribution < -0.4 is 16.6 Å². The molecule has 1 heterocycles. The van der Waals surface area contributed by atoms with E-state index >= 15 is 0 Å². The molecule has 2 unspecified atom stereocenters. The van der Waals surface area contributed by atoms with E-state index in [1.165, 1.54) is 19.3 Å². The minimum absolute atomic E-state index is 0.122. The second-order valence-electron chi connectivity index (χ2n) is 4.71. The minimum Gasteiger partial charge on any atom is -0.347 e. The van der Waals surface area contributed by atoms with Crippen molar-refractivity contribution >= 4 is 23.4 Å². The molecule has 19 heavy (non-hydrogen) atoms. The van der Waals surface area contributed by atoms with Crippen molar-refractivity contribution < 1.29 is 4.79 Å². The van der Waals surface area contributed by atoms with Gasteiger partial charge in [0.1, 0.15) is 5.69 Å². The molecule has 1 aromatic heterocycles. The number of anilines is 1. The largest absolute Gasteiger partial charge is 0.347 e. The Balaban J connectivity index is 2.02. The number of nitrogens with one attached hydrogen (secondary N) is 2. The van der Waals surface area contributed by atoms with Gasteiger partial charge in [0.15, 0.2) is 0 Å². The third-order valence-corrected chi connectivity index (χ3v) is 4.65. The predicted molar refractivity (Wildman–Crippen MR) is 79.1 cm³/mol. The Kier molecular flexibility index (Phi) is 5.04. The van der Waals surface area contributed by atoms with Crippen molar-refractivity contribution in [2.24, 2.45) is 5.84 Å². The number of carbonyl (C=O) groups excluding carboxylic acids is 1. The number of amides is 1. The van der Waals surface area contributed by atoms with E-state index in [2.05, 4.69) is 22.0 Å². The molecule has 0 spiro atoms. The fourth-order valence-electron chi connectivity index (χ4n) is 2.43. The summed E-state index contributed by atoms with van der Waals surface area (Å²) in [5.41, 5.74) is 3.61. The van der Waals surface area contributed by atoms with Crippen LogP contribution in [-0.2, 0) is 0 Å². The summed E-state index contributed by atoms with van der Waals surface area (Å²) in [7, 11) is 0. The Morgan fingerprint density at radius 3 is 3.00 bits per heavy atom. The van der Waals surface area contributed by atoms with Gasteiger partial charge in [-0.05, 0) is 31.2 Å². The van der Waals surface area contributed by atoms with Crippen LogP contribution in [-0.4, -0.2) is 28.4 Å². The van der Waals surface area contributed by atoms with Gasteiger partial charge in [0.05, 0.1) is 5.69 Å². The number of carbonyl (C=O) groups is 1. The number of hydrogen-bond donors (Lipinski definition) is 3. The van der Waals surface area contributed by atoms with Crippen molar-refractivity contribution in [1.29, 1.82) is 0 Å². The van der Waals surface area contributed by atoms with Crippen molar-refractivity contribution in [1.82, 2.24) is 10.3 Å². The van der Waals surface area contributed by atoms with E-state index in [4.69, 9.17) is 5.84 Å². The molecule has 0 saturated heterocycles. The second-order valence-corrected chi connectivity index (χ2v) is 5.79. The van der Waals surface area contributed by atoms with Crippen molar-refractivity contribution in [3.8, 4) is 0 Å². The van der Waals surface area contributed by atoms with Crippen molar-refractivity contribution in [2.75, 3.05) is 11.7 Å². The first kappa shape index (κ1) is 14.1. The molecule has 6 heteroatoms. The molecule has 4 N–H and O–H groups in total. The molecule has 0 bridgehead atoms. The average Bonchev–Trinajstić information content (AvgIpc) is 2.47. The van der Waals surface area contributed by atoms with Gasteiger partial charge in [0.25, 0.3) is 5.91 Å². The van der Waals surface area contributed by atoms with Crippen molar-refractivity contribution in [3.63, 3.8) is 0 Å². The van der Waals surface area contributed by atoms with E-state index in [1.54, 1.807) is 18.3 Å². The van der Waals surface area contributed by atoms with E-state index in [0.717, 1.165) is 6.42 Å². The topological polar surface area (TPSA) is 80.0 Å². The van der Waals surface area contributed by atoms with E-state index in [1.807, 2.05) is 11.8 Å². The Bertz CT molecular complexity index is 440. The summed E-state index contributed by atoms with van der Waals surface area (Å²) < 4.78 is 0. The summed E-state index contributed by atoms with van der Waals surface area (Å²) in [4.78, 5) is 16.3. The van der Waals surface area contributed by atoms with Gasteiger partial charge < -0.3 is 10.7 Å². The summed E-state index contributed by atoms with van der Waals surface area (Å²) in [6, 6.07) is 3.63. The quantitative estimate of drug-likeness (QED) is 0.578. The molecule has 1 amide bonds. The molecule has 2 rings (SSSR count). The molecular weight excluding hydrogens is 260 g/mol. The number of nitrogens with zero attached hydrogens (tertiary/aromatic N) is 1. The van der Waals surface area contributed by atoms with Gasteiger partial charge in [-0.15, -0.1) is 0 Å². The van der Waals surface area contributed by atoms with Gasteiger partial charge in [-0.1, -0.05) is 12.8 Å². The fraction of sp³-hybridized carbons (Fsp3) is 0.538. The van der Waals surface area contributed by atoms with Crippen LogP contribution in [0.3, 0.4) is 0 Å². The molecule has 0 aromatic carbocycles. The minimum atomic E-state index is -0.122. The lowest BCUT2D eigenvalue weighted by atomic mass is 9.94. The Morgan fingerprint density at radius 1 is 1.47 bits per heavy atom. The van der Waals surface area contributed by atoms with Crippen LogP contribution in [0.15, 0.2) is 18.3 Å². The fourth-order valence-corrected chi connectivity index (χ4v) is 3.37. The smallest absolute Gasteiger partial charge is 0.270 e. The molecule has 1 aromatic rings. The van der Waals surface area contributed by atoms with Crippen LogP contribution in [0.2, 0.25) is 0 Å². The van der Waals surface area contributed by atoms with Crippen LogP contribution in [0, 0.1) is 0 Å². The maximum atomic E-state index is 12.2. The molecular formula is C13H20N4OS. The lowest BCUT2D eigenvalue weighted by Gasteiger charge is -2.30.